The third-order valence-electron chi connectivity index (χ3n) is 3.38. The zero-order valence-electron chi connectivity index (χ0n) is 10.7. The van der Waals surface area contributed by atoms with E-state index in [1.54, 1.807) is 12.4 Å². The summed E-state index contributed by atoms with van der Waals surface area (Å²) in [5.74, 6) is 0. The van der Waals surface area contributed by atoms with Crippen LogP contribution in [-0.4, -0.2) is 28.2 Å². The summed E-state index contributed by atoms with van der Waals surface area (Å²) in [6.07, 6.45) is 3.15. The van der Waals surface area contributed by atoms with Gasteiger partial charge in [-0.3, -0.25) is 4.98 Å². The molecule has 3 heterocycles. The first kappa shape index (κ1) is 11.6. The Morgan fingerprint density at radius 2 is 1.75 bits per heavy atom. The summed E-state index contributed by atoms with van der Waals surface area (Å²) in [5, 5.41) is 0. The predicted molar refractivity (Wildman–Crippen MR) is 74.0 cm³/mol. The quantitative estimate of drug-likeness (QED) is 0.775. The van der Waals surface area contributed by atoms with E-state index in [2.05, 4.69) is 15.0 Å². The van der Waals surface area contributed by atoms with Gasteiger partial charge in [-0.1, -0.05) is 24.3 Å². The number of nitrogens with one attached hydrogen (secondary N) is 1. The van der Waals surface area contributed by atoms with Crippen LogP contribution in [0.1, 0.15) is 11.9 Å². The molecule has 100 valence electrons. The molecular formula is C15H13N3O2. The lowest BCUT2D eigenvalue weighted by Crippen LogP contribution is -1.97. The molecule has 1 N–H and O–H groups in total. The number of benzene rings is 1. The van der Waals surface area contributed by atoms with E-state index in [-0.39, 0.29) is 6.29 Å². The maximum Gasteiger partial charge on any atom is 0.184 e. The lowest BCUT2D eigenvalue weighted by atomic mass is 10.1. The Morgan fingerprint density at radius 3 is 2.50 bits per heavy atom. The number of fused-ring (bicyclic) bond motifs is 1. The number of aromatic amines is 1. The Bertz CT molecular complexity index is 697. The minimum absolute atomic E-state index is 0.227. The fraction of sp³-hybridized carbons (Fsp3) is 0.200. The normalized spacial score (nSPS) is 16.0. The van der Waals surface area contributed by atoms with Crippen molar-refractivity contribution in [1.82, 2.24) is 15.0 Å². The summed E-state index contributed by atoms with van der Waals surface area (Å²) >= 11 is 0. The SMILES string of the molecule is c1cnc2[nH]c(-c3ccc(C4OCCO4)cc3)cc2n1. The first-order valence-electron chi connectivity index (χ1n) is 6.53. The van der Waals surface area contributed by atoms with Crippen molar-refractivity contribution in [3.8, 4) is 11.3 Å². The van der Waals surface area contributed by atoms with Crippen LogP contribution >= 0.6 is 0 Å². The molecule has 0 radical (unpaired) electrons. The third-order valence-corrected chi connectivity index (χ3v) is 3.38. The van der Waals surface area contributed by atoms with Crippen LogP contribution in [0, 0.1) is 0 Å². The van der Waals surface area contributed by atoms with Crippen LogP contribution in [0.25, 0.3) is 22.4 Å². The fourth-order valence-electron chi connectivity index (χ4n) is 2.38. The Hall–Kier alpha value is -2.24. The number of aromatic nitrogens is 3. The van der Waals surface area contributed by atoms with Crippen LogP contribution in [0.2, 0.25) is 0 Å². The molecule has 1 aromatic carbocycles. The Kier molecular flexibility index (Phi) is 2.72. The third kappa shape index (κ3) is 1.97. The lowest BCUT2D eigenvalue weighted by Gasteiger charge is -2.09. The fourth-order valence-corrected chi connectivity index (χ4v) is 2.38. The molecule has 1 saturated heterocycles. The van der Waals surface area contributed by atoms with E-state index >= 15 is 0 Å². The van der Waals surface area contributed by atoms with Crippen molar-refractivity contribution in [2.24, 2.45) is 0 Å². The number of ether oxygens (including phenoxy) is 2. The van der Waals surface area contributed by atoms with Gasteiger partial charge >= 0.3 is 0 Å². The van der Waals surface area contributed by atoms with Gasteiger partial charge in [0, 0.05) is 23.7 Å². The molecule has 1 fully saturated rings. The molecule has 1 aliphatic heterocycles. The van der Waals surface area contributed by atoms with Crippen LogP contribution < -0.4 is 0 Å². The second kappa shape index (κ2) is 4.70. The van der Waals surface area contributed by atoms with Gasteiger partial charge in [-0.25, -0.2) is 4.98 Å². The van der Waals surface area contributed by atoms with Crippen LogP contribution in [0.5, 0.6) is 0 Å². The first-order valence-corrected chi connectivity index (χ1v) is 6.53. The van der Waals surface area contributed by atoms with E-state index in [1.807, 2.05) is 30.3 Å². The monoisotopic (exact) mass is 267 g/mol. The number of hydrogen-bond donors (Lipinski definition) is 1. The Balaban J connectivity index is 1.67. The number of rotatable bonds is 2. The largest absolute Gasteiger partial charge is 0.346 e. The number of nitrogens with zero attached hydrogens (tertiary/aromatic N) is 2. The van der Waals surface area contributed by atoms with E-state index in [1.165, 1.54) is 0 Å². The standard InChI is InChI=1S/C15H13N3O2/c1-3-11(15-19-7-8-20-15)4-2-10(1)12-9-13-14(18-12)17-6-5-16-13/h1-6,9,15H,7-8H2,(H,17,18). The van der Waals surface area contributed by atoms with E-state index < -0.39 is 0 Å². The van der Waals surface area contributed by atoms with E-state index in [4.69, 9.17) is 9.47 Å². The molecule has 0 atom stereocenters. The van der Waals surface area contributed by atoms with E-state index in [0.717, 1.165) is 28.0 Å². The molecule has 0 amide bonds. The zero-order chi connectivity index (χ0) is 13.4. The van der Waals surface area contributed by atoms with Gasteiger partial charge < -0.3 is 14.5 Å². The number of hydrogen-bond acceptors (Lipinski definition) is 4. The molecule has 20 heavy (non-hydrogen) atoms. The maximum absolute atomic E-state index is 5.48. The minimum Gasteiger partial charge on any atom is -0.346 e. The molecule has 0 bridgehead atoms. The van der Waals surface area contributed by atoms with Gasteiger partial charge in [-0.15, -0.1) is 0 Å². The topological polar surface area (TPSA) is 60.0 Å². The highest BCUT2D eigenvalue weighted by Crippen LogP contribution is 2.27. The van der Waals surface area contributed by atoms with Crippen molar-refractivity contribution >= 4 is 11.2 Å². The predicted octanol–water partition coefficient (Wildman–Crippen LogP) is 2.67. The molecule has 5 heteroatoms. The van der Waals surface area contributed by atoms with Crippen molar-refractivity contribution in [2.45, 2.75) is 6.29 Å². The zero-order valence-corrected chi connectivity index (χ0v) is 10.7. The molecule has 0 spiro atoms. The summed E-state index contributed by atoms with van der Waals surface area (Å²) in [6, 6.07) is 10.1. The molecule has 3 aromatic rings. The Morgan fingerprint density at radius 1 is 1.00 bits per heavy atom. The summed E-state index contributed by atoms with van der Waals surface area (Å²) in [4.78, 5) is 11.8. The highest BCUT2D eigenvalue weighted by molar-refractivity contribution is 5.79. The summed E-state index contributed by atoms with van der Waals surface area (Å²) < 4.78 is 11.0. The highest BCUT2D eigenvalue weighted by atomic mass is 16.7. The first-order chi connectivity index (χ1) is 9.90. The number of H-pyrrole nitrogens is 1. The molecule has 0 aliphatic carbocycles. The van der Waals surface area contributed by atoms with Gasteiger partial charge in [0.2, 0.25) is 0 Å². The summed E-state index contributed by atoms with van der Waals surface area (Å²) in [6.45, 7) is 1.32. The van der Waals surface area contributed by atoms with Crippen LogP contribution in [0.3, 0.4) is 0 Å². The van der Waals surface area contributed by atoms with Crippen molar-refractivity contribution < 1.29 is 9.47 Å². The Labute approximate surface area is 115 Å². The molecule has 4 rings (SSSR count). The van der Waals surface area contributed by atoms with Gasteiger partial charge in [0.25, 0.3) is 0 Å². The molecular weight excluding hydrogens is 254 g/mol. The van der Waals surface area contributed by atoms with Crippen LogP contribution in [0.4, 0.5) is 0 Å². The molecule has 1 aliphatic rings. The summed E-state index contributed by atoms with van der Waals surface area (Å²) in [5.41, 5.74) is 4.80. The second-order valence-electron chi connectivity index (χ2n) is 4.67. The average Bonchev–Trinajstić information content (AvgIpc) is 3.17. The molecule has 5 nitrogen and oxygen atoms in total. The van der Waals surface area contributed by atoms with Crippen molar-refractivity contribution in [3.05, 3.63) is 48.3 Å². The van der Waals surface area contributed by atoms with Crippen molar-refractivity contribution in [2.75, 3.05) is 13.2 Å². The van der Waals surface area contributed by atoms with Crippen molar-refractivity contribution in [1.29, 1.82) is 0 Å². The summed E-state index contributed by atoms with van der Waals surface area (Å²) in [7, 11) is 0. The highest BCUT2D eigenvalue weighted by Gasteiger charge is 2.18. The minimum atomic E-state index is -0.227. The van der Waals surface area contributed by atoms with Gasteiger partial charge in [0.15, 0.2) is 11.9 Å². The van der Waals surface area contributed by atoms with Crippen molar-refractivity contribution in [3.63, 3.8) is 0 Å². The van der Waals surface area contributed by atoms with Gasteiger partial charge in [0.1, 0.15) is 5.52 Å². The van der Waals surface area contributed by atoms with Gasteiger partial charge in [0.05, 0.1) is 13.2 Å². The van der Waals surface area contributed by atoms with Gasteiger partial charge in [-0.2, -0.15) is 0 Å². The average molecular weight is 267 g/mol. The van der Waals surface area contributed by atoms with Crippen LogP contribution in [-0.2, 0) is 9.47 Å². The van der Waals surface area contributed by atoms with E-state index in [9.17, 15) is 0 Å². The van der Waals surface area contributed by atoms with E-state index in [0.29, 0.717) is 13.2 Å². The second-order valence-corrected chi connectivity index (χ2v) is 4.67. The molecule has 0 unspecified atom stereocenters. The maximum atomic E-state index is 5.48. The lowest BCUT2D eigenvalue weighted by molar-refractivity contribution is -0.0441. The smallest absolute Gasteiger partial charge is 0.184 e. The van der Waals surface area contributed by atoms with Crippen LogP contribution in [0.15, 0.2) is 42.7 Å². The van der Waals surface area contributed by atoms with Gasteiger partial charge in [-0.05, 0) is 11.6 Å². The molecule has 0 saturated carbocycles. The molecule has 2 aromatic heterocycles.